The Morgan fingerprint density at radius 2 is 2.11 bits per heavy atom. The van der Waals surface area contributed by atoms with Crippen molar-refractivity contribution in [2.45, 2.75) is 24.8 Å². The number of rotatable bonds is 3. The molecule has 3 rings (SSSR count). The van der Waals surface area contributed by atoms with E-state index in [2.05, 4.69) is 15.5 Å². The summed E-state index contributed by atoms with van der Waals surface area (Å²) in [6.07, 6.45) is 3.87. The van der Waals surface area contributed by atoms with Gasteiger partial charge in [0, 0.05) is 10.8 Å². The quantitative estimate of drug-likeness (QED) is 0.862. The maximum atomic E-state index is 11.3. The van der Waals surface area contributed by atoms with Crippen molar-refractivity contribution in [3.05, 3.63) is 30.5 Å². The van der Waals surface area contributed by atoms with Crippen molar-refractivity contribution in [2.24, 2.45) is 0 Å². The molecule has 1 aliphatic carbocycles. The highest BCUT2D eigenvalue weighted by Crippen LogP contribution is 2.36. The number of fused-ring (bicyclic) bond motifs is 1. The lowest BCUT2D eigenvalue weighted by atomic mass is 9.76. The molecule has 1 heterocycles. The van der Waals surface area contributed by atoms with Crippen molar-refractivity contribution in [1.82, 2.24) is 10.2 Å². The molecule has 5 heteroatoms. The van der Waals surface area contributed by atoms with Crippen LogP contribution in [0.15, 0.2) is 30.5 Å². The predicted octanol–water partition coefficient (Wildman–Crippen LogP) is 2.05. The number of benzene rings is 1. The number of aliphatic carboxylic acids is 1. The average Bonchev–Trinajstić information content (AvgIpc) is 2.33. The molecule has 5 nitrogen and oxygen atoms in total. The van der Waals surface area contributed by atoms with Gasteiger partial charge in [-0.15, -0.1) is 5.10 Å². The Kier molecular flexibility index (Phi) is 2.40. The lowest BCUT2D eigenvalue weighted by molar-refractivity contribution is -0.145. The normalized spacial score (nSPS) is 17.1. The molecule has 0 saturated heterocycles. The van der Waals surface area contributed by atoms with Gasteiger partial charge in [-0.2, -0.15) is 5.10 Å². The van der Waals surface area contributed by atoms with Crippen LogP contribution in [0.5, 0.6) is 0 Å². The third kappa shape index (κ3) is 1.59. The fourth-order valence-corrected chi connectivity index (χ4v) is 2.27. The van der Waals surface area contributed by atoms with E-state index in [9.17, 15) is 9.90 Å². The van der Waals surface area contributed by atoms with E-state index in [0.717, 1.165) is 17.2 Å². The second-order valence-corrected chi connectivity index (χ2v) is 4.65. The zero-order chi connectivity index (χ0) is 12.6. The van der Waals surface area contributed by atoms with Gasteiger partial charge in [-0.25, -0.2) is 4.79 Å². The number of carboxylic acid groups (broad SMARTS) is 1. The monoisotopic (exact) mass is 243 g/mol. The number of hydrogen-bond acceptors (Lipinski definition) is 4. The summed E-state index contributed by atoms with van der Waals surface area (Å²) in [5.41, 5.74) is -0.862. The number of nitrogens with one attached hydrogen (secondary N) is 1. The minimum Gasteiger partial charge on any atom is -0.480 e. The van der Waals surface area contributed by atoms with Crippen molar-refractivity contribution >= 4 is 22.6 Å². The first-order chi connectivity index (χ1) is 8.71. The average molecular weight is 243 g/mol. The summed E-state index contributed by atoms with van der Waals surface area (Å²) in [5, 5.41) is 22.2. The van der Waals surface area contributed by atoms with Gasteiger partial charge in [-0.3, -0.25) is 0 Å². The highest BCUT2D eigenvalue weighted by atomic mass is 16.4. The van der Waals surface area contributed by atoms with Crippen LogP contribution in [0, 0.1) is 0 Å². The van der Waals surface area contributed by atoms with Crippen molar-refractivity contribution in [2.75, 3.05) is 5.32 Å². The van der Waals surface area contributed by atoms with E-state index >= 15 is 0 Å². The summed E-state index contributed by atoms with van der Waals surface area (Å²) in [4.78, 5) is 11.3. The van der Waals surface area contributed by atoms with Gasteiger partial charge in [0.2, 0.25) is 0 Å². The van der Waals surface area contributed by atoms with Crippen LogP contribution in [0.3, 0.4) is 0 Å². The van der Waals surface area contributed by atoms with Gasteiger partial charge in [0.05, 0.1) is 6.20 Å². The van der Waals surface area contributed by atoms with E-state index in [4.69, 9.17) is 0 Å². The van der Waals surface area contributed by atoms with E-state index in [1.165, 1.54) is 0 Å². The molecule has 1 aromatic heterocycles. The molecular weight excluding hydrogens is 230 g/mol. The first-order valence-electron chi connectivity index (χ1n) is 5.93. The number of carboxylic acids is 1. The molecule has 0 radical (unpaired) electrons. The van der Waals surface area contributed by atoms with Crippen LogP contribution in [-0.4, -0.2) is 26.8 Å². The largest absolute Gasteiger partial charge is 0.480 e. The molecular formula is C13H13N3O2. The minimum atomic E-state index is -0.862. The van der Waals surface area contributed by atoms with Crippen LogP contribution in [0.1, 0.15) is 19.3 Å². The Hall–Kier alpha value is -2.17. The van der Waals surface area contributed by atoms with Gasteiger partial charge in [0.25, 0.3) is 0 Å². The SMILES string of the molecule is O=C(O)C1(Nc2nncc3ccccc23)CCC1. The Labute approximate surface area is 104 Å². The van der Waals surface area contributed by atoms with Crippen LogP contribution in [0.4, 0.5) is 5.82 Å². The molecule has 2 aromatic rings. The predicted molar refractivity (Wildman–Crippen MR) is 67.4 cm³/mol. The van der Waals surface area contributed by atoms with Crippen molar-refractivity contribution < 1.29 is 9.90 Å². The van der Waals surface area contributed by atoms with Crippen molar-refractivity contribution in [3.8, 4) is 0 Å². The number of anilines is 1. The van der Waals surface area contributed by atoms with Crippen LogP contribution < -0.4 is 5.32 Å². The second-order valence-electron chi connectivity index (χ2n) is 4.65. The van der Waals surface area contributed by atoms with E-state index in [-0.39, 0.29) is 0 Å². The maximum absolute atomic E-state index is 11.3. The van der Waals surface area contributed by atoms with Crippen LogP contribution in [0.2, 0.25) is 0 Å². The first kappa shape index (κ1) is 11.0. The fourth-order valence-electron chi connectivity index (χ4n) is 2.27. The summed E-state index contributed by atoms with van der Waals surface area (Å²) in [7, 11) is 0. The smallest absolute Gasteiger partial charge is 0.329 e. The molecule has 0 aliphatic heterocycles. The molecule has 1 saturated carbocycles. The number of aromatic nitrogens is 2. The molecule has 1 aromatic carbocycles. The molecule has 0 amide bonds. The van der Waals surface area contributed by atoms with E-state index in [1.807, 2.05) is 24.3 Å². The summed E-state index contributed by atoms with van der Waals surface area (Å²) < 4.78 is 0. The summed E-state index contributed by atoms with van der Waals surface area (Å²) in [6.45, 7) is 0. The van der Waals surface area contributed by atoms with Crippen LogP contribution >= 0.6 is 0 Å². The first-order valence-corrected chi connectivity index (χ1v) is 5.93. The number of carbonyl (C=O) groups is 1. The highest BCUT2D eigenvalue weighted by molar-refractivity contribution is 5.93. The Morgan fingerprint density at radius 3 is 2.78 bits per heavy atom. The Balaban J connectivity index is 2.02. The lowest BCUT2D eigenvalue weighted by Crippen LogP contribution is -2.52. The molecule has 92 valence electrons. The van der Waals surface area contributed by atoms with Crippen molar-refractivity contribution in [1.29, 1.82) is 0 Å². The Bertz CT molecular complexity index is 603. The topological polar surface area (TPSA) is 75.1 Å². The number of nitrogens with zero attached hydrogens (tertiary/aromatic N) is 2. The van der Waals surface area contributed by atoms with Gasteiger partial charge >= 0.3 is 5.97 Å². The van der Waals surface area contributed by atoms with Gasteiger partial charge in [-0.1, -0.05) is 24.3 Å². The van der Waals surface area contributed by atoms with Gasteiger partial charge in [0.1, 0.15) is 5.54 Å². The standard InChI is InChI=1S/C13H13N3O2/c17-12(18)13(6-3-7-13)15-11-10-5-2-1-4-9(10)8-14-16-11/h1-2,4-5,8H,3,6-7H2,(H,15,16)(H,17,18). The Morgan fingerprint density at radius 1 is 1.33 bits per heavy atom. The molecule has 0 unspecified atom stereocenters. The molecule has 0 atom stereocenters. The highest BCUT2D eigenvalue weighted by Gasteiger charge is 2.45. The van der Waals surface area contributed by atoms with Crippen LogP contribution in [0.25, 0.3) is 10.8 Å². The molecule has 18 heavy (non-hydrogen) atoms. The zero-order valence-electron chi connectivity index (χ0n) is 9.76. The molecule has 1 aliphatic rings. The third-order valence-electron chi connectivity index (χ3n) is 3.54. The zero-order valence-corrected chi connectivity index (χ0v) is 9.76. The molecule has 0 bridgehead atoms. The molecule has 0 spiro atoms. The second kappa shape index (κ2) is 3.94. The molecule has 2 N–H and O–H groups in total. The van der Waals surface area contributed by atoms with Gasteiger partial charge in [-0.05, 0) is 19.3 Å². The summed E-state index contributed by atoms with van der Waals surface area (Å²) in [6, 6.07) is 7.68. The summed E-state index contributed by atoms with van der Waals surface area (Å²) >= 11 is 0. The number of hydrogen-bond donors (Lipinski definition) is 2. The minimum absolute atomic E-state index is 0.551. The van der Waals surface area contributed by atoms with E-state index < -0.39 is 11.5 Å². The summed E-state index contributed by atoms with van der Waals surface area (Å²) in [5.74, 6) is -0.265. The van der Waals surface area contributed by atoms with Gasteiger partial charge < -0.3 is 10.4 Å². The maximum Gasteiger partial charge on any atom is 0.329 e. The van der Waals surface area contributed by atoms with Gasteiger partial charge in [0.15, 0.2) is 5.82 Å². The van der Waals surface area contributed by atoms with Crippen LogP contribution in [-0.2, 0) is 4.79 Å². The molecule has 1 fully saturated rings. The third-order valence-corrected chi connectivity index (χ3v) is 3.54. The van der Waals surface area contributed by atoms with Crippen molar-refractivity contribution in [3.63, 3.8) is 0 Å². The van der Waals surface area contributed by atoms with E-state index in [0.29, 0.717) is 18.7 Å². The lowest BCUT2D eigenvalue weighted by Gasteiger charge is -2.38. The fraction of sp³-hybridized carbons (Fsp3) is 0.308. The van der Waals surface area contributed by atoms with E-state index in [1.54, 1.807) is 6.20 Å².